The van der Waals surface area contributed by atoms with E-state index in [9.17, 15) is 37.1 Å². The second-order valence-corrected chi connectivity index (χ2v) is 12.4. The first-order valence-corrected chi connectivity index (χ1v) is 15.8. The third-order valence-corrected chi connectivity index (χ3v) is 7.83. The molecule has 0 saturated carbocycles. The van der Waals surface area contributed by atoms with Crippen molar-refractivity contribution in [3.8, 4) is 17.2 Å². The second kappa shape index (κ2) is 14.8. The number of hydrogen-bond donors (Lipinski definition) is 8. The van der Waals surface area contributed by atoms with Crippen molar-refractivity contribution in [2.24, 2.45) is 20.5 Å². The van der Waals surface area contributed by atoms with Gasteiger partial charge >= 0.3 is 0 Å². The van der Waals surface area contributed by atoms with Crippen LogP contribution in [-0.4, -0.2) is 62.7 Å². The van der Waals surface area contributed by atoms with Crippen molar-refractivity contribution in [3.63, 3.8) is 0 Å². The molecule has 0 amide bonds. The first kappa shape index (κ1) is 37.5. The van der Waals surface area contributed by atoms with Crippen LogP contribution in [0.3, 0.4) is 0 Å². The minimum absolute atomic E-state index is 0. The topological polar surface area (TPSA) is 293 Å². The average Bonchev–Trinajstić information content (AvgIpc) is 3.27. The van der Waals surface area contributed by atoms with E-state index in [0.29, 0.717) is 5.69 Å². The molecule has 257 valence electrons. The third kappa shape index (κ3) is 8.67. The maximum Gasteiger partial charge on any atom is 0.300 e. The van der Waals surface area contributed by atoms with Crippen LogP contribution in [0.25, 0.3) is 16.5 Å². The van der Waals surface area contributed by atoms with E-state index in [0.717, 1.165) is 36.0 Å². The fourth-order valence-electron chi connectivity index (χ4n) is 3.99. The molecule has 2 aromatic heterocycles. The molecule has 0 aliphatic heterocycles. The Kier molecular flexibility index (Phi) is 11.6. The van der Waals surface area contributed by atoms with Crippen LogP contribution in [0.4, 0.5) is 22.7 Å². The van der Waals surface area contributed by atoms with E-state index >= 15 is 0 Å². The summed E-state index contributed by atoms with van der Waals surface area (Å²) in [5.41, 5.74) is -0.363. The van der Waals surface area contributed by atoms with Crippen LogP contribution in [0.2, 0.25) is 0 Å². The van der Waals surface area contributed by atoms with Crippen molar-refractivity contribution >= 4 is 60.5 Å². The Balaban J connectivity index is 0.00000118. The summed E-state index contributed by atoms with van der Waals surface area (Å²) >= 11 is 0. The molecule has 48 heavy (non-hydrogen) atoms. The quantitative estimate of drug-likeness (QED) is 0.0525. The van der Waals surface area contributed by atoms with Crippen LogP contribution in [0.15, 0.2) is 102 Å². The summed E-state index contributed by atoms with van der Waals surface area (Å²) in [6, 6.07) is 11.6. The molecule has 0 spiro atoms. The Labute approximate surface area is 282 Å². The van der Waals surface area contributed by atoms with Crippen LogP contribution < -0.4 is 5.56 Å². The zero-order valence-electron chi connectivity index (χ0n) is 24.4. The van der Waals surface area contributed by atoms with E-state index in [2.05, 4.69) is 30.5 Å². The third-order valence-electron chi connectivity index (χ3n) is 6.06. The van der Waals surface area contributed by atoms with Crippen molar-refractivity contribution in [2.75, 3.05) is 0 Å². The van der Waals surface area contributed by atoms with Crippen molar-refractivity contribution in [1.29, 1.82) is 0 Å². The minimum atomic E-state index is -4.41. The number of carboxylic acids is 1. The number of pyridine rings is 1. The first-order valence-electron chi connectivity index (χ1n) is 12.8. The van der Waals surface area contributed by atoms with Gasteiger partial charge in [-0.15, -0.1) is 15.3 Å². The molecule has 0 atom stereocenters. The number of rotatable bonds is 7. The summed E-state index contributed by atoms with van der Waals surface area (Å²) in [6.45, 7) is 2.65. The van der Waals surface area contributed by atoms with E-state index < -0.39 is 48.8 Å². The van der Waals surface area contributed by atoms with Gasteiger partial charge in [0.15, 0.2) is 17.2 Å². The number of aromatic hydroxyl groups is 2. The standard InChI is InChI=1S/C25H21N7O9S2.C2H4O2.Cu/c1-13-22(25(35)32(31-13)16-3-5-17(6-4-16)42(36,37)38)29-27-15-2-7-18-14(10-15)11-21(43(39,40)41)23(24(18)34)30-28-19-8-9-26-12-20(19)33;1-2(3)4;/h2-12,31,33-34,39-41H,1H3,(H,36,37,38);1H3,(H,3,4);. The number of aliphatic carboxylic acids is 1. The van der Waals surface area contributed by atoms with Gasteiger partial charge in [-0.05, 0) is 66.9 Å². The predicted octanol–water partition coefficient (Wildman–Crippen LogP) is 6.18. The Morgan fingerprint density at radius 3 is 2.10 bits per heavy atom. The number of carboxylic acid groups (broad SMARTS) is 1. The van der Waals surface area contributed by atoms with Crippen LogP contribution in [0, 0.1) is 6.92 Å². The maximum atomic E-state index is 13.0. The molecule has 18 nitrogen and oxygen atoms in total. The van der Waals surface area contributed by atoms with Crippen LogP contribution in [0.1, 0.15) is 12.6 Å². The molecule has 2 heterocycles. The van der Waals surface area contributed by atoms with Gasteiger partial charge in [0.05, 0.1) is 33.1 Å². The van der Waals surface area contributed by atoms with Gasteiger partial charge in [-0.3, -0.25) is 24.2 Å². The predicted molar refractivity (Wildman–Crippen MR) is 168 cm³/mol. The fourth-order valence-corrected chi connectivity index (χ4v) is 5.15. The number of aromatic nitrogens is 3. The van der Waals surface area contributed by atoms with Crippen molar-refractivity contribution in [2.45, 2.75) is 23.6 Å². The average molecular weight is 751 g/mol. The second-order valence-electron chi connectivity index (χ2n) is 9.47. The van der Waals surface area contributed by atoms with Gasteiger partial charge < -0.3 is 29.0 Å². The largest absolute Gasteiger partial charge is 0.505 e. The molecule has 5 aromatic rings. The van der Waals surface area contributed by atoms with E-state index in [1.165, 1.54) is 42.6 Å². The number of azo groups is 2. The van der Waals surface area contributed by atoms with Gasteiger partial charge in [0, 0.05) is 35.6 Å². The summed E-state index contributed by atoms with van der Waals surface area (Å²) in [7, 11) is -8.82. The monoisotopic (exact) mass is 750 g/mol. The molecular formula is C27H25CuN7O11S2. The van der Waals surface area contributed by atoms with E-state index in [-0.39, 0.29) is 61.2 Å². The number of nitrogens with one attached hydrogen (secondary N) is 1. The Bertz CT molecular complexity index is 2210. The number of phenolic OH excluding ortho intramolecular Hbond substituents is 1. The zero-order chi connectivity index (χ0) is 34.7. The maximum absolute atomic E-state index is 13.0. The molecule has 0 unspecified atom stereocenters. The molecule has 1 radical (unpaired) electrons. The Hall–Kier alpha value is -4.99. The number of aromatic amines is 1. The number of nitrogens with zero attached hydrogens (tertiary/aromatic N) is 6. The van der Waals surface area contributed by atoms with Crippen LogP contribution in [-0.2, 0) is 32.0 Å². The Morgan fingerprint density at radius 2 is 1.52 bits per heavy atom. The van der Waals surface area contributed by atoms with Gasteiger partial charge in [0.2, 0.25) is 0 Å². The van der Waals surface area contributed by atoms with Crippen molar-refractivity contribution < 1.29 is 63.8 Å². The number of phenols is 1. The molecular weight excluding hydrogens is 726 g/mol. The van der Waals surface area contributed by atoms with E-state index in [1.54, 1.807) is 6.92 Å². The van der Waals surface area contributed by atoms with Crippen molar-refractivity contribution in [1.82, 2.24) is 14.8 Å². The first-order chi connectivity index (χ1) is 22.0. The molecule has 0 aliphatic rings. The van der Waals surface area contributed by atoms with Crippen LogP contribution >= 0.6 is 10.9 Å². The van der Waals surface area contributed by atoms with E-state index in [4.69, 9.17) is 14.5 Å². The molecule has 0 fully saturated rings. The summed E-state index contributed by atoms with van der Waals surface area (Å²) in [4.78, 5) is 24.8. The molecule has 3 aromatic carbocycles. The van der Waals surface area contributed by atoms with Gasteiger partial charge in [0.25, 0.3) is 21.6 Å². The van der Waals surface area contributed by atoms with Gasteiger partial charge in [-0.25, -0.2) is 4.68 Å². The number of hydrogen-bond acceptors (Lipinski definition) is 14. The van der Waals surface area contributed by atoms with Crippen molar-refractivity contribution in [3.05, 3.63) is 83.0 Å². The van der Waals surface area contributed by atoms with Crippen LogP contribution in [0.5, 0.6) is 11.5 Å². The number of benzene rings is 3. The normalized spacial score (nSPS) is 12.1. The number of H-pyrrole nitrogens is 1. The SMILES string of the molecule is CC(=O)O.Cc1[nH]n(-c2ccc(S(=O)(=O)O)cc2)c(=O)c1N=Nc1ccc2c(O)c(N=Nc3ccncc3O)c(S(O)(O)O)cc2c1.[Cu]. The molecule has 21 heteroatoms. The molecule has 5 rings (SSSR count). The molecule has 0 aliphatic carbocycles. The Morgan fingerprint density at radius 1 is 0.896 bits per heavy atom. The van der Waals surface area contributed by atoms with Gasteiger partial charge in [-0.1, -0.05) is 0 Å². The summed E-state index contributed by atoms with van der Waals surface area (Å²) < 4.78 is 62.9. The number of fused-ring (bicyclic) bond motifs is 1. The van der Waals surface area contributed by atoms with Gasteiger partial charge in [-0.2, -0.15) is 13.5 Å². The fraction of sp³-hybridized carbons (Fsp3) is 0.0741. The number of carbonyl (C=O) groups is 1. The molecule has 0 saturated heterocycles. The molecule has 8 N–H and O–H groups in total. The smallest absolute Gasteiger partial charge is 0.300 e. The molecule has 0 bridgehead atoms. The zero-order valence-corrected chi connectivity index (χ0v) is 27.0. The van der Waals surface area contributed by atoms with E-state index in [1.807, 2.05) is 0 Å². The van der Waals surface area contributed by atoms with Gasteiger partial charge in [0.1, 0.15) is 22.2 Å². The summed E-state index contributed by atoms with van der Waals surface area (Å²) in [6.07, 6.45) is 2.44. The summed E-state index contributed by atoms with van der Waals surface area (Å²) in [5.74, 6) is -1.70. The summed E-state index contributed by atoms with van der Waals surface area (Å²) in [5, 5.41) is 47.1. The number of aryl methyl sites for hydroxylation is 1. The minimum Gasteiger partial charge on any atom is -0.505 e.